The van der Waals surface area contributed by atoms with E-state index in [1.807, 2.05) is 0 Å². The third-order valence-corrected chi connectivity index (χ3v) is 7.60. The van der Waals surface area contributed by atoms with Crippen molar-refractivity contribution < 1.29 is 4.57 Å². The Morgan fingerprint density at radius 3 is 1.41 bits per heavy atom. The topological polar surface area (TPSA) is 8.81 Å². The highest BCUT2D eigenvalue weighted by atomic mass is 15.1. The van der Waals surface area contributed by atoms with Crippen molar-refractivity contribution in [2.24, 2.45) is 0 Å². The van der Waals surface area contributed by atoms with E-state index in [9.17, 15) is 0 Å². The normalized spacial score (nSPS) is 11.5. The van der Waals surface area contributed by atoms with Crippen LogP contribution in [0.3, 0.4) is 0 Å². The zero-order valence-corrected chi connectivity index (χ0v) is 23.9. The van der Waals surface area contributed by atoms with E-state index in [1.165, 1.54) is 167 Å². The lowest BCUT2D eigenvalue weighted by molar-refractivity contribution is -0.704. The van der Waals surface area contributed by atoms with Crippen LogP contribution in [-0.2, 0) is 19.5 Å². The summed E-state index contributed by atoms with van der Waals surface area (Å²) in [6, 6.07) is 0. The van der Waals surface area contributed by atoms with Crippen LogP contribution >= 0.6 is 0 Å². The van der Waals surface area contributed by atoms with Gasteiger partial charge in [-0.2, -0.15) is 0 Å². The van der Waals surface area contributed by atoms with Gasteiger partial charge in [-0.25, -0.2) is 9.13 Å². The van der Waals surface area contributed by atoms with Crippen LogP contribution in [0.5, 0.6) is 0 Å². The van der Waals surface area contributed by atoms with Gasteiger partial charge in [0.25, 0.3) is 5.82 Å². The number of aromatic nitrogens is 2. The number of aryl methyl sites for hydroxylation is 2. The molecule has 0 unspecified atom stereocenters. The first-order valence-corrected chi connectivity index (χ1v) is 15.9. The van der Waals surface area contributed by atoms with Crippen LogP contribution in [0.4, 0.5) is 0 Å². The second-order valence-electron chi connectivity index (χ2n) is 10.9. The number of hydrogen-bond acceptors (Lipinski definition) is 0. The molecule has 0 spiro atoms. The van der Waals surface area contributed by atoms with E-state index in [1.54, 1.807) is 5.82 Å². The van der Waals surface area contributed by atoms with Crippen LogP contribution in [0.2, 0.25) is 0 Å². The van der Waals surface area contributed by atoms with Crippen molar-refractivity contribution in [1.29, 1.82) is 0 Å². The molecule has 0 aliphatic carbocycles. The van der Waals surface area contributed by atoms with Crippen molar-refractivity contribution in [2.75, 3.05) is 0 Å². The summed E-state index contributed by atoms with van der Waals surface area (Å²) in [7, 11) is 0. The molecule has 0 saturated heterocycles. The number of nitrogens with zero attached hydrogens (tertiary/aromatic N) is 2. The van der Waals surface area contributed by atoms with E-state index < -0.39 is 0 Å². The molecule has 0 bridgehead atoms. The minimum absolute atomic E-state index is 1.22. The quantitative estimate of drug-likeness (QED) is 0.0930. The maximum atomic E-state index is 2.60. The minimum Gasteiger partial charge on any atom is -0.234 e. The van der Waals surface area contributed by atoms with Crippen molar-refractivity contribution in [2.45, 2.75) is 188 Å². The molecule has 34 heavy (non-hydrogen) atoms. The average Bonchev–Trinajstić information content (AvgIpc) is 3.23. The van der Waals surface area contributed by atoms with Gasteiger partial charge in [-0.05, 0) is 32.1 Å². The van der Waals surface area contributed by atoms with Gasteiger partial charge in [0.05, 0.1) is 13.1 Å². The monoisotopic (exact) mass is 475 g/mol. The molecule has 0 radical (unpaired) electrons. The standard InChI is InChI=1S/C32H63N2/c1-4-7-10-13-14-15-16-17-18-19-20-21-23-26-29-34-31-30-33(28-25-22-11-8-5-2)32(34)27-24-12-9-6-3/h30-31H,4-29H2,1-3H3/q+1. The number of hydrogen-bond donors (Lipinski definition) is 0. The van der Waals surface area contributed by atoms with Crippen LogP contribution in [0.25, 0.3) is 0 Å². The largest absolute Gasteiger partial charge is 0.256 e. The van der Waals surface area contributed by atoms with E-state index >= 15 is 0 Å². The number of rotatable bonds is 26. The average molecular weight is 476 g/mol. The van der Waals surface area contributed by atoms with Crippen molar-refractivity contribution in [3.8, 4) is 0 Å². The first-order valence-electron chi connectivity index (χ1n) is 15.9. The lowest BCUT2D eigenvalue weighted by atomic mass is 10.0. The fourth-order valence-electron chi connectivity index (χ4n) is 5.26. The molecule has 0 N–H and O–H groups in total. The lowest BCUT2D eigenvalue weighted by Gasteiger charge is -2.07. The fourth-order valence-corrected chi connectivity index (χ4v) is 5.26. The smallest absolute Gasteiger partial charge is 0.234 e. The predicted molar refractivity (Wildman–Crippen MR) is 152 cm³/mol. The van der Waals surface area contributed by atoms with Crippen molar-refractivity contribution >= 4 is 0 Å². The molecule has 200 valence electrons. The molecular formula is C32H63N2+. The van der Waals surface area contributed by atoms with E-state index in [-0.39, 0.29) is 0 Å². The summed E-state index contributed by atoms with van der Waals surface area (Å²) in [6.07, 6.45) is 38.5. The van der Waals surface area contributed by atoms with E-state index in [4.69, 9.17) is 0 Å². The molecule has 0 aliphatic rings. The number of imidazole rings is 1. The summed E-state index contributed by atoms with van der Waals surface area (Å²) in [6.45, 7) is 9.37. The van der Waals surface area contributed by atoms with Crippen molar-refractivity contribution in [3.05, 3.63) is 18.2 Å². The van der Waals surface area contributed by atoms with E-state index in [2.05, 4.69) is 42.3 Å². The Labute approximate surface area is 215 Å². The first kappa shape index (κ1) is 31.2. The summed E-state index contributed by atoms with van der Waals surface area (Å²) in [4.78, 5) is 0. The molecule has 0 amide bonds. The molecule has 1 aromatic heterocycles. The Balaban J connectivity index is 2.18. The third kappa shape index (κ3) is 16.8. The summed E-state index contributed by atoms with van der Waals surface area (Å²) in [5, 5.41) is 0. The van der Waals surface area contributed by atoms with Crippen LogP contribution in [0.15, 0.2) is 12.4 Å². The molecular weight excluding hydrogens is 412 g/mol. The van der Waals surface area contributed by atoms with E-state index in [0.717, 1.165) is 0 Å². The number of unbranched alkanes of at least 4 members (excludes halogenated alkanes) is 20. The summed E-state index contributed by atoms with van der Waals surface area (Å²) >= 11 is 0. The highest BCUT2D eigenvalue weighted by Crippen LogP contribution is 2.14. The molecule has 2 nitrogen and oxygen atoms in total. The lowest BCUT2D eigenvalue weighted by Crippen LogP contribution is -2.37. The molecule has 0 fully saturated rings. The molecule has 1 heterocycles. The Bertz CT molecular complexity index is 533. The predicted octanol–water partition coefficient (Wildman–Crippen LogP) is 10.4. The van der Waals surface area contributed by atoms with Gasteiger partial charge < -0.3 is 0 Å². The highest BCUT2D eigenvalue weighted by Gasteiger charge is 2.16. The third-order valence-electron chi connectivity index (χ3n) is 7.60. The Hall–Kier alpha value is -0.790. The molecule has 1 rings (SSSR count). The summed E-state index contributed by atoms with van der Waals surface area (Å²) in [5.41, 5.74) is 0. The van der Waals surface area contributed by atoms with Crippen molar-refractivity contribution in [1.82, 2.24) is 4.57 Å². The molecule has 0 saturated carbocycles. The van der Waals surface area contributed by atoms with Crippen LogP contribution in [0.1, 0.15) is 174 Å². The summed E-state index contributed by atoms with van der Waals surface area (Å²) < 4.78 is 5.18. The van der Waals surface area contributed by atoms with Crippen LogP contribution < -0.4 is 4.57 Å². The zero-order valence-electron chi connectivity index (χ0n) is 23.9. The van der Waals surface area contributed by atoms with Crippen LogP contribution in [-0.4, -0.2) is 4.57 Å². The zero-order chi connectivity index (χ0) is 24.5. The first-order chi connectivity index (χ1) is 16.8. The van der Waals surface area contributed by atoms with Gasteiger partial charge in [-0.15, -0.1) is 0 Å². The highest BCUT2D eigenvalue weighted by molar-refractivity contribution is 4.84. The van der Waals surface area contributed by atoms with Gasteiger partial charge in [0.1, 0.15) is 12.4 Å². The Morgan fingerprint density at radius 2 is 0.912 bits per heavy atom. The molecule has 0 aliphatic heterocycles. The SMILES string of the molecule is CCCCCCCCCCCCCCCCn1cc[n+](CCCCCCC)c1CCCCCC. The second kappa shape index (κ2) is 23.9. The molecule has 0 aromatic carbocycles. The maximum absolute atomic E-state index is 2.60. The fraction of sp³-hybridized carbons (Fsp3) is 0.906. The van der Waals surface area contributed by atoms with Gasteiger partial charge in [-0.3, -0.25) is 0 Å². The molecule has 2 heteroatoms. The van der Waals surface area contributed by atoms with E-state index in [0.29, 0.717) is 0 Å². The van der Waals surface area contributed by atoms with Gasteiger partial charge in [0.15, 0.2) is 0 Å². The van der Waals surface area contributed by atoms with Gasteiger partial charge in [-0.1, -0.05) is 136 Å². The molecule has 1 aromatic rings. The summed E-state index contributed by atoms with van der Waals surface area (Å²) in [5.74, 6) is 1.60. The second-order valence-corrected chi connectivity index (χ2v) is 10.9. The molecule has 0 atom stereocenters. The van der Waals surface area contributed by atoms with Gasteiger partial charge in [0, 0.05) is 6.42 Å². The van der Waals surface area contributed by atoms with Crippen molar-refractivity contribution in [3.63, 3.8) is 0 Å². The Kier molecular flexibility index (Phi) is 22.0. The minimum atomic E-state index is 1.22. The van der Waals surface area contributed by atoms with Crippen LogP contribution in [0, 0.1) is 0 Å². The maximum Gasteiger partial charge on any atom is 0.256 e. The Morgan fingerprint density at radius 1 is 0.500 bits per heavy atom. The van der Waals surface area contributed by atoms with Gasteiger partial charge >= 0.3 is 0 Å². The van der Waals surface area contributed by atoms with Gasteiger partial charge in [0.2, 0.25) is 0 Å².